The predicted octanol–water partition coefficient (Wildman–Crippen LogP) is -1.00. The van der Waals surface area contributed by atoms with Crippen molar-refractivity contribution in [1.82, 2.24) is 9.96 Å². The molecule has 1 atom stereocenters. The van der Waals surface area contributed by atoms with Crippen molar-refractivity contribution in [3.8, 4) is 0 Å². The van der Waals surface area contributed by atoms with Gasteiger partial charge in [0.25, 0.3) is 0 Å². The molecular weight excluding hydrogens is 106 g/mol. The Morgan fingerprint density at radius 2 is 2.25 bits per heavy atom. The van der Waals surface area contributed by atoms with E-state index in [1.165, 1.54) is 0 Å². The van der Waals surface area contributed by atoms with Gasteiger partial charge in [0.1, 0.15) is 0 Å². The number of hydrogen-bond donors (Lipinski definition) is 1. The summed E-state index contributed by atoms with van der Waals surface area (Å²) >= 11 is 0. The lowest BCUT2D eigenvalue weighted by Gasteiger charge is -2.07. The summed E-state index contributed by atoms with van der Waals surface area (Å²) in [5.41, 5.74) is 5.43. The Morgan fingerprint density at radius 3 is 2.38 bits per heavy atom. The van der Waals surface area contributed by atoms with Gasteiger partial charge in [-0.2, -0.15) is 5.06 Å². The number of nitrogens with zero attached hydrogens (tertiary/aromatic N) is 2. The van der Waals surface area contributed by atoms with E-state index in [-0.39, 0.29) is 6.35 Å². The van der Waals surface area contributed by atoms with E-state index in [0.717, 1.165) is 6.67 Å². The molecule has 4 nitrogen and oxygen atoms in total. The van der Waals surface area contributed by atoms with E-state index in [2.05, 4.69) is 0 Å². The van der Waals surface area contributed by atoms with Crippen LogP contribution < -0.4 is 5.73 Å². The van der Waals surface area contributed by atoms with Gasteiger partial charge in [0.15, 0.2) is 6.35 Å². The van der Waals surface area contributed by atoms with Gasteiger partial charge in [0.2, 0.25) is 0 Å². The van der Waals surface area contributed by atoms with Gasteiger partial charge in [-0.05, 0) is 7.05 Å². The molecule has 8 heavy (non-hydrogen) atoms. The van der Waals surface area contributed by atoms with Crippen molar-refractivity contribution in [2.75, 3.05) is 20.8 Å². The summed E-state index contributed by atoms with van der Waals surface area (Å²) in [6, 6.07) is 0. The first-order valence-corrected chi connectivity index (χ1v) is 2.54. The van der Waals surface area contributed by atoms with Crippen LogP contribution in [0, 0.1) is 0 Å². The minimum Gasteiger partial charge on any atom is -0.292 e. The molecule has 0 saturated carbocycles. The standard InChI is InChI=1S/C4H11N3O/c1-6-3-7(2)8-4(6)5/h4H,3,5H2,1-2H3. The number of hydroxylamine groups is 2. The minimum atomic E-state index is -0.250. The predicted molar refractivity (Wildman–Crippen MR) is 29.5 cm³/mol. The molecule has 0 aromatic carbocycles. The zero-order chi connectivity index (χ0) is 6.15. The summed E-state index contributed by atoms with van der Waals surface area (Å²) < 4.78 is 0. The van der Waals surface area contributed by atoms with Gasteiger partial charge in [0, 0.05) is 7.05 Å². The molecular formula is C4H11N3O. The molecule has 0 bridgehead atoms. The minimum absolute atomic E-state index is 0.250. The molecule has 1 unspecified atom stereocenters. The highest BCUT2D eigenvalue weighted by molar-refractivity contribution is 4.52. The molecule has 1 fully saturated rings. The lowest BCUT2D eigenvalue weighted by molar-refractivity contribution is -0.131. The van der Waals surface area contributed by atoms with E-state index < -0.39 is 0 Å². The maximum absolute atomic E-state index is 5.43. The smallest absolute Gasteiger partial charge is 0.184 e. The second-order valence-corrected chi connectivity index (χ2v) is 2.02. The second-order valence-electron chi connectivity index (χ2n) is 2.02. The van der Waals surface area contributed by atoms with Gasteiger partial charge >= 0.3 is 0 Å². The quantitative estimate of drug-likeness (QED) is 0.441. The molecule has 0 amide bonds. The highest BCUT2D eigenvalue weighted by Crippen LogP contribution is 2.03. The van der Waals surface area contributed by atoms with Crippen molar-refractivity contribution in [2.24, 2.45) is 5.73 Å². The van der Waals surface area contributed by atoms with Crippen LogP contribution in [-0.4, -0.2) is 37.1 Å². The third-order valence-corrected chi connectivity index (χ3v) is 1.14. The molecule has 0 aliphatic carbocycles. The van der Waals surface area contributed by atoms with Crippen LogP contribution in [0.3, 0.4) is 0 Å². The zero-order valence-corrected chi connectivity index (χ0v) is 5.16. The number of rotatable bonds is 0. The molecule has 48 valence electrons. The monoisotopic (exact) mass is 117 g/mol. The van der Waals surface area contributed by atoms with Crippen LogP contribution in [-0.2, 0) is 4.84 Å². The summed E-state index contributed by atoms with van der Waals surface area (Å²) in [6.45, 7) is 0.779. The molecule has 1 rings (SSSR count). The summed E-state index contributed by atoms with van der Waals surface area (Å²) in [5, 5.41) is 1.70. The van der Waals surface area contributed by atoms with E-state index in [4.69, 9.17) is 10.6 Å². The fourth-order valence-electron chi connectivity index (χ4n) is 0.693. The molecule has 0 aromatic heterocycles. The van der Waals surface area contributed by atoms with Gasteiger partial charge in [-0.1, -0.05) is 0 Å². The second kappa shape index (κ2) is 1.99. The van der Waals surface area contributed by atoms with Crippen LogP contribution in [0.15, 0.2) is 0 Å². The van der Waals surface area contributed by atoms with E-state index in [9.17, 15) is 0 Å². The van der Waals surface area contributed by atoms with Crippen molar-refractivity contribution < 1.29 is 4.84 Å². The summed E-state index contributed by atoms with van der Waals surface area (Å²) in [7, 11) is 3.76. The van der Waals surface area contributed by atoms with Crippen molar-refractivity contribution in [3.05, 3.63) is 0 Å². The van der Waals surface area contributed by atoms with E-state index in [1.807, 2.05) is 19.0 Å². The summed E-state index contributed by atoms with van der Waals surface area (Å²) in [5.74, 6) is 0. The van der Waals surface area contributed by atoms with Crippen LogP contribution in [0.4, 0.5) is 0 Å². The van der Waals surface area contributed by atoms with Gasteiger partial charge in [-0.3, -0.25) is 15.5 Å². The van der Waals surface area contributed by atoms with Gasteiger partial charge in [-0.15, -0.1) is 0 Å². The first-order valence-electron chi connectivity index (χ1n) is 2.54. The Kier molecular flexibility index (Phi) is 1.48. The van der Waals surface area contributed by atoms with Crippen LogP contribution in [0.5, 0.6) is 0 Å². The Labute approximate surface area is 48.8 Å². The fraction of sp³-hybridized carbons (Fsp3) is 1.00. The van der Waals surface area contributed by atoms with Crippen molar-refractivity contribution in [3.63, 3.8) is 0 Å². The molecule has 0 aromatic rings. The van der Waals surface area contributed by atoms with Crippen molar-refractivity contribution in [2.45, 2.75) is 6.35 Å². The summed E-state index contributed by atoms with van der Waals surface area (Å²) in [6.07, 6.45) is -0.250. The van der Waals surface area contributed by atoms with E-state index in [1.54, 1.807) is 5.06 Å². The van der Waals surface area contributed by atoms with E-state index in [0.29, 0.717) is 0 Å². The maximum Gasteiger partial charge on any atom is 0.184 e. The molecule has 2 N–H and O–H groups in total. The maximum atomic E-state index is 5.43. The van der Waals surface area contributed by atoms with E-state index >= 15 is 0 Å². The van der Waals surface area contributed by atoms with Gasteiger partial charge in [0.05, 0.1) is 6.67 Å². The Bertz CT molecular complexity index is 77.4. The lowest BCUT2D eigenvalue weighted by Crippen LogP contribution is -2.33. The molecule has 0 radical (unpaired) electrons. The average Bonchev–Trinajstić information content (AvgIpc) is 1.85. The van der Waals surface area contributed by atoms with Crippen molar-refractivity contribution in [1.29, 1.82) is 0 Å². The zero-order valence-electron chi connectivity index (χ0n) is 5.16. The Balaban J connectivity index is 2.39. The fourth-order valence-corrected chi connectivity index (χ4v) is 0.693. The Morgan fingerprint density at radius 1 is 1.62 bits per heavy atom. The largest absolute Gasteiger partial charge is 0.292 e. The number of hydrogen-bond acceptors (Lipinski definition) is 4. The highest BCUT2D eigenvalue weighted by Gasteiger charge is 2.21. The van der Waals surface area contributed by atoms with Crippen LogP contribution >= 0.6 is 0 Å². The highest BCUT2D eigenvalue weighted by atomic mass is 16.7. The van der Waals surface area contributed by atoms with Crippen LogP contribution in [0.25, 0.3) is 0 Å². The van der Waals surface area contributed by atoms with Gasteiger partial charge < -0.3 is 0 Å². The molecule has 1 saturated heterocycles. The molecule has 0 spiro atoms. The molecule has 4 heteroatoms. The normalized spacial score (nSPS) is 34.1. The first kappa shape index (κ1) is 5.97. The third-order valence-electron chi connectivity index (χ3n) is 1.14. The molecule has 1 heterocycles. The van der Waals surface area contributed by atoms with Crippen molar-refractivity contribution >= 4 is 0 Å². The SMILES string of the molecule is CN1CN(C)C(N)O1. The lowest BCUT2D eigenvalue weighted by atomic mass is 10.8. The topological polar surface area (TPSA) is 41.7 Å². The third kappa shape index (κ3) is 0.976. The summed E-state index contributed by atoms with van der Waals surface area (Å²) in [4.78, 5) is 6.91. The number of nitrogens with two attached hydrogens (primary N) is 1. The van der Waals surface area contributed by atoms with Gasteiger partial charge in [-0.25, -0.2) is 0 Å². The van der Waals surface area contributed by atoms with Crippen LogP contribution in [0.2, 0.25) is 0 Å². The average molecular weight is 117 g/mol. The first-order chi connectivity index (χ1) is 3.70. The molecule has 1 aliphatic heterocycles. The molecule has 1 aliphatic rings. The van der Waals surface area contributed by atoms with Crippen LogP contribution in [0.1, 0.15) is 0 Å². The Hall–Kier alpha value is -0.160.